The molecule has 0 saturated heterocycles. The van der Waals surface area contributed by atoms with Crippen LogP contribution in [0, 0.1) is 11.3 Å². The fraction of sp³-hybridized carbons (Fsp3) is 0.235. The summed E-state index contributed by atoms with van der Waals surface area (Å²) in [6, 6.07) is 8.86. The summed E-state index contributed by atoms with van der Waals surface area (Å²) >= 11 is 0. The van der Waals surface area contributed by atoms with Gasteiger partial charge in [0.05, 0.1) is 17.3 Å². The predicted molar refractivity (Wildman–Crippen MR) is 91.3 cm³/mol. The molecule has 1 N–H and O–H groups in total. The van der Waals surface area contributed by atoms with Gasteiger partial charge in [-0.25, -0.2) is 9.59 Å². The monoisotopic (exact) mass is 356 g/mol. The van der Waals surface area contributed by atoms with Crippen molar-refractivity contribution in [3.05, 3.63) is 62.4 Å². The Bertz CT molecular complexity index is 996. The van der Waals surface area contributed by atoms with Gasteiger partial charge in [-0.3, -0.25) is 18.7 Å². The van der Waals surface area contributed by atoms with Gasteiger partial charge in [0.25, 0.3) is 5.56 Å². The fourth-order valence-corrected chi connectivity index (χ4v) is 2.11. The zero-order chi connectivity index (χ0) is 19.3. The van der Waals surface area contributed by atoms with Crippen molar-refractivity contribution in [1.29, 1.82) is 5.26 Å². The lowest BCUT2D eigenvalue weighted by molar-refractivity contribution is -0.115. The first-order chi connectivity index (χ1) is 12.3. The van der Waals surface area contributed by atoms with Gasteiger partial charge in [-0.15, -0.1) is 0 Å². The second-order valence-electron chi connectivity index (χ2n) is 5.41. The van der Waals surface area contributed by atoms with Crippen molar-refractivity contribution in [3.63, 3.8) is 0 Å². The minimum Gasteiger partial charge on any atom is -0.456 e. The first-order valence-corrected chi connectivity index (χ1v) is 7.53. The van der Waals surface area contributed by atoms with E-state index in [4.69, 9.17) is 10.00 Å². The number of aromatic nitrogens is 2. The van der Waals surface area contributed by atoms with Crippen LogP contribution in [0.3, 0.4) is 0 Å². The topological polar surface area (TPSA) is 123 Å². The first-order valence-electron chi connectivity index (χ1n) is 7.53. The van der Waals surface area contributed by atoms with Crippen molar-refractivity contribution in [2.45, 2.75) is 13.0 Å². The lowest BCUT2D eigenvalue weighted by atomic mass is 10.2. The number of carbonyl (C=O) groups excluding carboxylic acids is 2. The maximum Gasteiger partial charge on any atom is 0.338 e. The molecule has 0 fully saturated rings. The Morgan fingerprint density at radius 1 is 1.15 bits per heavy atom. The van der Waals surface area contributed by atoms with Crippen LogP contribution in [0.25, 0.3) is 0 Å². The van der Waals surface area contributed by atoms with Crippen LogP contribution in [0.15, 0.2) is 39.9 Å². The zero-order valence-electron chi connectivity index (χ0n) is 14.2. The van der Waals surface area contributed by atoms with E-state index in [1.807, 2.05) is 0 Å². The summed E-state index contributed by atoms with van der Waals surface area (Å²) in [4.78, 5) is 46.9. The van der Waals surface area contributed by atoms with Crippen LogP contribution < -0.4 is 16.6 Å². The summed E-state index contributed by atoms with van der Waals surface area (Å²) in [7, 11) is 2.83. The van der Waals surface area contributed by atoms with E-state index in [0.717, 1.165) is 4.57 Å². The molecule has 0 aliphatic carbocycles. The largest absolute Gasteiger partial charge is 0.456 e. The molecule has 0 bridgehead atoms. The number of nitrogens with zero attached hydrogens (tertiary/aromatic N) is 3. The maximum absolute atomic E-state index is 12.1. The van der Waals surface area contributed by atoms with Crippen LogP contribution >= 0.6 is 0 Å². The van der Waals surface area contributed by atoms with Crippen molar-refractivity contribution in [2.75, 3.05) is 5.32 Å². The average Bonchev–Trinajstić information content (AvgIpc) is 2.62. The number of anilines is 1. The Kier molecular flexibility index (Phi) is 5.70. The first kappa shape index (κ1) is 18.7. The molecule has 0 aliphatic rings. The Balaban J connectivity index is 2.05. The molecule has 1 aromatic heterocycles. The molecular weight excluding hydrogens is 340 g/mol. The molecule has 0 spiro atoms. The van der Waals surface area contributed by atoms with Crippen LogP contribution in [0.2, 0.25) is 0 Å². The average molecular weight is 356 g/mol. The number of rotatable bonds is 5. The number of esters is 1. The minimum atomic E-state index is -0.645. The third-order valence-corrected chi connectivity index (χ3v) is 3.62. The molecule has 9 heteroatoms. The van der Waals surface area contributed by atoms with Crippen molar-refractivity contribution in [1.82, 2.24) is 9.13 Å². The second kappa shape index (κ2) is 7.94. The summed E-state index contributed by atoms with van der Waals surface area (Å²) in [5.41, 5.74) is -0.0580. The molecule has 0 radical (unpaired) electrons. The number of nitrogens with one attached hydrogen (secondary N) is 1. The summed E-state index contributed by atoms with van der Waals surface area (Å²) < 4.78 is 7.30. The van der Waals surface area contributed by atoms with Gasteiger partial charge in [0, 0.05) is 25.8 Å². The van der Waals surface area contributed by atoms with Gasteiger partial charge in [0.1, 0.15) is 13.0 Å². The van der Waals surface area contributed by atoms with Gasteiger partial charge in [-0.1, -0.05) is 0 Å². The number of carbonyl (C=O) groups is 2. The summed E-state index contributed by atoms with van der Waals surface area (Å²) in [5, 5.41) is 10.9. The van der Waals surface area contributed by atoms with Crippen molar-refractivity contribution >= 4 is 17.6 Å². The van der Waals surface area contributed by atoms with Gasteiger partial charge in [0.2, 0.25) is 5.91 Å². The quantitative estimate of drug-likeness (QED) is 0.768. The van der Waals surface area contributed by atoms with Gasteiger partial charge in [-0.2, -0.15) is 5.26 Å². The molecule has 1 amide bonds. The van der Waals surface area contributed by atoms with Crippen LogP contribution in [0.1, 0.15) is 22.5 Å². The number of hydrogen-bond donors (Lipinski definition) is 1. The number of benzene rings is 1. The van der Waals surface area contributed by atoms with Gasteiger partial charge < -0.3 is 10.1 Å². The standard InChI is InChI=1S/C17H16N4O5/c1-20-13(9-15(23)21(2)17(20)25)10-26-16(24)11-3-5-12(6-4-11)19-14(22)7-8-18/h3-6,9H,7,10H2,1-2H3,(H,19,22). The number of hydrogen-bond acceptors (Lipinski definition) is 6. The summed E-state index contributed by atoms with van der Waals surface area (Å²) in [6.45, 7) is -0.235. The summed E-state index contributed by atoms with van der Waals surface area (Å²) in [6.07, 6.45) is -0.265. The van der Waals surface area contributed by atoms with Gasteiger partial charge >= 0.3 is 11.7 Å². The SMILES string of the molecule is Cn1c(COC(=O)c2ccc(NC(=O)CC#N)cc2)cc(=O)n(C)c1=O. The van der Waals surface area contributed by atoms with E-state index in [2.05, 4.69) is 5.32 Å². The Morgan fingerprint density at radius 2 is 1.81 bits per heavy atom. The molecule has 134 valence electrons. The molecule has 2 aromatic rings. The van der Waals surface area contributed by atoms with Crippen LogP contribution in [-0.2, 0) is 30.2 Å². The van der Waals surface area contributed by atoms with E-state index in [1.165, 1.54) is 49.0 Å². The molecule has 0 atom stereocenters. The third kappa shape index (κ3) is 4.24. The Morgan fingerprint density at radius 3 is 2.42 bits per heavy atom. The highest BCUT2D eigenvalue weighted by atomic mass is 16.5. The molecule has 0 saturated carbocycles. The van der Waals surface area contributed by atoms with Crippen molar-refractivity contribution in [2.24, 2.45) is 14.1 Å². The number of ether oxygens (including phenoxy) is 1. The second-order valence-corrected chi connectivity index (χ2v) is 5.41. The molecule has 0 unspecified atom stereocenters. The van der Waals surface area contributed by atoms with Gasteiger partial charge in [-0.05, 0) is 24.3 Å². The molecule has 2 rings (SSSR count). The Labute approximate surface area is 148 Å². The normalized spacial score (nSPS) is 10.0. The highest BCUT2D eigenvalue weighted by Crippen LogP contribution is 2.11. The molecule has 1 aromatic carbocycles. The highest BCUT2D eigenvalue weighted by Gasteiger charge is 2.11. The smallest absolute Gasteiger partial charge is 0.338 e. The minimum absolute atomic E-state index is 0.233. The van der Waals surface area contributed by atoms with Crippen LogP contribution in [0.5, 0.6) is 0 Å². The van der Waals surface area contributed by atoms with Crippen molar-refractivity contribution in [3.8, 4) is 6.07 Å². The predicted octanol–water partition coefficient (Wildman–Crippen LogP) is 0.293. The number of nitriles is 1. The van der Waals surface area contributed by atoms with E-state index in [1.54, 1.807) is 6.07 Å². The third-order valence-electron chi connectivity index (χ3n) is 3.62. The molecular formula is C17H16N4O5. The lowest BCUT2D eigenvalue weighted by Gasteiger charge is -2.10. The maximum atomic E-state index is 12.1. The van der Waals surface area contributed by atoms with E-state index in [0.29, 0.717) is 5.69 Å². The van der Waals surface area contributed by atoms with Crippen LogP contribution in [-0.4, -0.2) is 21.0 Å². The van der Waals surface area contributed by atoms with Gasteiger partial charge in [0.15, 0.2) is 0 Å². The van der Waals surface area contributed by atoms with E-state index in [9.17, 15) is 19.2 Å². The number of amides is 1. The molecule has 1 heterocycles. The Hall–Kier alpha value is -3.67. The van der Waals surface area contributed by atoms with E-state index < -0.39 is 23.1 Å². The lowest BCUT2D eigenvalue weighted by Crippen LogP contribution is -2.38. The van der Waals surface area contributed by atoms with Crippen molar-refractivity contribution < 1.29 is 14.3 Å². The molecule has 26 heavy (non-hydrogen) atoms. The molecule has 9 nitrogen and oxygen atoms in total. The fourth-order valence-electron chi connectivity index (χ4n) is 2.11. The highest BCUT2D eigenvalue weighted by molar-refractivity contribution is 5.93. The zero-order valence-corrected chi connectivity index (χ0v) is 14.2. The van der Waals surface area contributed by atoms with E-state index >= 15 is 0 Å². The van der Waals surface area contributed by atoms with E-state index in [-0.39, 0.29) is 24.3 Å². The summed E-state index contributed by atoms with van der Waals surface area (Å²) in [5.74, 6) is -1.09. The molecule has 0 aliphatic heterocycles. The van der Waals surface area contributed by atoms with Crippen LogP contribution in [0.4, 0.5) is 5.69 Å².